The fourth-order valence-corrected chi connectivity index (χ4v) is 2.38. The molecule has 1 amide bonds. The van der Waals surface area contributed by atoms with Crippen LogP contribution in [-0.4, -0.2) is 22.9 Å². The van der Waals surface area contributed by atoms with Crippen molar-refractivity contribution in [3.8, 4) is 0 Å². The normalized spacial score (nSPS) is 10.3. The Morgan fingerprint density at radius 1 is 1.47 bits per heavy atom. The van der Waals surface area contributed by atoms with Crippen LogP contribution in [0.5, 0.6) is 0 Å². The second-order valence-electron chi connectivity index (χ2n) is 3.82. The Balaban J connectivity index is 2.07. The van der Waals surface area contributed by atoms with Crippen LogP contribution >= 0.6 is 22.9 Å². The van der Waals surface area contributed by atoms with Crippen molar-refractivity contribution in [2.24, 2.45) is 0 Å². The van der Waals surface area contributed by atoms with E-state index in [-0.39, 0.29) is 11.6 Å². The molecule has 0 aliphatic rings. The van der Waals surface area contributed by atoms with Crippen molar-refractivity contribution in [2.75, 3.05) is 12.4 Å². The number of nitrogens with zero attached hydrogens (tertiary/aromatic N) is 2. The smallest absolute Gasteiger partial charge is 0.271 e. The lowest BCUT2D eigenvalue weighted by molar-refractivity contribution is 0.0946. The molecule has 19 heavy (non-hydrogen) atoms. The number of rotatable bonds is 4. The fourth-order valence-electron chi connectivity index (χ4n) is 1.46. The third kappa shape index (κ3) is 3.42. The second-order valence-corrected chi connectivity index (χ2v) is 5.55. The van der Waals surface area contributed by atoms with E-state index in [1.807, 2.05) is 6.92 Å². The minimum absolute atomic E-state index is 0.210. The number of anilines is 1. The number of halogens is 1. The van der Waals surface area contributed by atoms with Gasteiger partial charge in [0.1, 0.15) is 16.5 Å². The predicted molar refractivity (Wildman–Crippen MR) is 76.8 cm³/mol. The zero-order valence-corrected chi connectivity index (χ0v) is 12.1. The van der Waals surface area contributed by atoms with Gasteiger partial charge in [-0.3, -0.25) is 4.79 Å². The molecular formula is C12H13ClN4OS. The van der Waals surface area contributed by atoms with Gasteiger partial charge in [-0.1, -0.05) is 11.6 Å². The number of pyridine rings is 1. The van der Waals surface area contributed by atoms with Crippen molar-refractivity contribution in [3.05, 3.63) is 38.9 Å². The van der Waals surface area contributed by atoms with E-state index in [0.29, 0.717) is 17.4 Å². The summed E-state index contributed by atoms with van der Waals surface area (Å²) in [5, 5.41) is 6.80. The molecule has 2 aromatic heterocycles. The maximum Gasteiger partial charge on any atom is 0.271 e. The zero-order chi connectivity index (χ0) is 13.8. The molecule has 2 N–H and O–H groups in total. The van der Waals surface area contributed by atoms with Gasteiger partial charge in [-0.25, -0.2) is 9.97 Å². The number of hydrogen-bond donors (Lipinski definition) is 2. The molecule has 2 aromatic rings. The molecule has 2 rings (SSSR count). The van der Waals surface area contributed by atoms with Crippen molar-refractivity contribution in [3.63, 3.8) is 0 Å². The Labute approximate surface area is 120 Å². The Hall–Kier alpha value is -1.66. The molecule has 0 saturated carbocycles. The van der Waals surface area contributed by atoms with Gasteiger partial charge in [0.25, 0.3) is 5.91 Å². The third-order valence-electron chi connectivity index (χ3n) is 2.39. The second kappa shape index (κ2) is 5.99. The van der Waals surface area contributed by atoms with Crippen LogP contribution in [-0.2, 0) is 6.54 Å². The van der Waals surface area contributed by atoms with Gasteiger partial charge >= 0.3 is 0 Å². The summed E-state index contributed by atoms with van der Waals surface area (Å²) in [7, 11) is 1.73. The minimum atomic E-state index is -0.310. The maximum atomic E-state index is 12.0. The first-order valence-electron chi connectivity index (χ1n) is 5.64. The van der Waals surface area contributed by atoms with Crippen LogP contribution in [0.2, 0.25) is 5.02 Å². The molecule has 0 unspecified atom stereocenters. The van der Waals surface area contributed by atoms with E-state index in [4.69, 9.17) is 11.6 Å². The Bertz CT molecular complexity index is 599. The molecule has 0 bridgehead atoms. The van der Waals surface area contributed by atoms with E-state index in [0.717, 1.165) is 9.88 Å². The topological polar surface area (TPSA) is 66.9 Å². The number of nitrogens with one attached hydrogen (secondary N) is 2. The molecule has 100 valence electrons. The molecule has 2 heterocycles. The minimum Gasteiger partial charge on any atom is -0.373 e. The lowest BCUT2D eigenvalue weighted by Crippen LogP contribution is -2.24. The quantitative estimate of drug-likeness (QED) is 0.909. The van der Waals surface area contributed by atoms with Crippen LogP contribution in [0, 0.1) is 6.92 Å². The van der Waals surface area contributed by atoms with E-state index >= 15 is 0 Å². The van der Waals surface area contributed by atoms with Gasteiger partial charge in [-0.2, -0.15) is 0 Å². The lowest BCUT2D eigenvalue weighted by atomic mass is 10.3. The van der Waals surface area contributed by atoms with Crippen LogP contribution in [0.4, 0.5) is 5.82 Å². The summed E-state index contributed by atoms with van der Waals surface area (Å²) in [5.41, 5.74) is 0.210. The molecular weight excluding hydrogens is 284 g/mol. The Morgan fingerprint density at radius 2 is 2.26 bits per heavy atom. The number of hydrogen-bond acceptors (Lipinski definition) is 5. The maximum absolute atomic E-state index is 12.0. The highest BCUT2D eigenvalue weighted by molar-refractivity contribution is 7.11. The summed E-state index contributed by atoms with van der Waals surface area (Å²) < 4.78 is 0. The summed E-state index contributed by atoms with van der Waals surface area (Å²) >= 11 is 7.51. The average molecular weight is 297 g/mol. The molecule has 0 aromatic carbocycles. The third-order valence-corrected chi connectivity index (χ3v) is 3.60. The van der Waals surface area contributed by atoms with E-state index in [1.165, 1.54) is 0 Å². The molecule has 0 aliphatic heterocycles. The fraction of sp³-hybridized carbons (Fsp3) is 0.250. The summed E-state index contributed by atoms with van der Waals surface area (Å²) in [5.74, 6) is 0.287. The van der Waals surface area contributed by atoms with Gasteiger partial charge in [0.15, 0.2) is 0 Å². The molecule has 0 saturated heterocycles. The van der Waals surface area contributed by atoms with E-state index in [2.05, 4.69) is 20.6 Å². The summed E-state index contributed by atoms with van der Waals surface area (Å²) in [6, 6.07) is 3.35. The van der Waals surface area contributed by atoms with Gasteiger partial charge in [0.05, 0.1) is 11.6 Å². The first kappa shape index (κ1) is 13.8. The number of aromatic nitrogens is 2. The molecule has 0 fully saturated rings. The van der Waals surface area contributed by atoms with Crippen molar-refractivity contribution in [1.82, 2.24) is 15.3 Å². The van der Waals surface area contributed by atoms with Crippen LogP contribution in [0.3, 0.4) is 0 Å². The van der Waals surface area contributed by atoms with Crippen LogP contribution in [0.25, 0.3) is 0 Å². The summed E-state index contributed by atoms with van der Waals surface area (Å²) in [6.07, 6.45) is 1.78. The van der Waals surface area contributed by atoms with Crippen LogP contribution < -0.4 is 10.6 Å². The SMILES string of the molecule is CNc1ccc(Cl)c(C(=O)NCc2ncc(C)s2)n1. The van der Waals surface area contributed by atoms with E-state index < -0.39 is 0 Å². The molecule has 0 atom stereocenters. The number of aryl methyl sites for hydroxylation is 1. The van der Waals surface area contributed by atoms with Gasteiger partial charge < -0.3 is 10.6 Å². The monoisotopic (exact) mass is 296 g/mol. The van der Waals surface area contributed by atoms with Crippen LogP contribution in [0.1, 0.15) is 20.4 Å². The average Bonchev–Trinajstić information content (AvgIpc) is 2.82. The highest BCUT2D eigenvalue weighted by Gasteiger charge is 2.13. The molecule has 0 radical (unpaired) electrons. The van der Waals surface area contributed by atoms with Crippen molar-refractivity contribution in [1.29, 1.82) is 0 Å². The van der Waals surface area contributed by atoms with Gasteiger partial charge in [-0.05, 0) is 19.1 Å². The van der Waals surface area contributed by atoms with Gasteiger partial charge in [0.2, 0.25) is 0 Å². The summed E-state index contributed by atoms with van der Waals surface area (Å²) in [6.45, 7) is 2.34. The van der Waals surface area contributed by atoms with Crippen LogP contribution in [0.15, 0.2) is 18.3 Å². The number of amides is 1. The standard InChI is InChI=1S/C12H13ClN4OS/c1-7-5-15-10(19-7)6-16-12(18)11-8(13)3-4-9(14-2)17-11/h3-5H,6H2,1-2H3,(H,14,17)(H,16,18). The van der Waals surface area contributed by atoms with Gasteiger partial charge in [-0.15, -0.1) is 11.3 Å². The molecule has 7 heteroatoms. The number of carbonyl (C=O) groups is 1. The number of carbonyl (C=O) groups excluding carboxylic acids is 1. The van der Waals surface area contributed by atoms with Crippen molar-refractivity contribution < 1.29 is 4.79 Å². The van der Waals surface area contributed by atoms with Crippen molar-refractivity contribution in [2.45, 2.75) is 13.5 Å². The zero-order valence-electron chi connectivity index (χ0n) is 10.5. The number of thiazole rings is 1. The molecule has 0 spiro atoms. The highest BCUT2D eigenvalue weighted by Crippen LogP contribution is 2.17. The first-order valence-corrected chi connectivity index (χ1v) is 6.83. The van der Waals surface area contributed by atoms with Crippen molar-refractivity contribution >= 4 is 34.7 Å². The predicted octanol–water partition coefficient (Wildman–Crippen LogP) is 2.47. The van der Waals surface area contributed by atoms with E-state index in [9.17, 15) is 4.79 Å². The largest absolute Gasteiger partial charge is 0.373 e. The Morgan fingerprint density at radius 3 is 2.89 bits per heavy atom. The molecule has 5 nitrogen and oxygen atoms in total. The summed E-state index contributed by atoms with van der Waals surface area (Å²) in [4.78, 5) is 21.4. The van der Waals surface area contributed by atoms with E-state index in [1.54, 1.807) is 36.7 Å². The first-order chi connectivity index (χ1) is 9.10. The van der Waals surface area contributed by atoms with Gasteiger partial charge in [0, 0.05) is 18.1 Å². The lowest BCUT2D eigenvalue weighted by Gasteiger charge is -2.06. The highest BCUT2D eigenvalue weighted by atomic mass is 35.5. The molecule has 0 aliphatic carbocycles. The Kier molecular flexibility index (Phi) is 4.34.